The van der Waals surface area contributed by atoms with E-state index >= 15 is 0 Å². The van der Waals surface area contributed by atoms with E-state index in [1.165, 1.54) is 38.8 Å². The minimum atomic E-state index is 0.132. The molecule has 0 atom stereocenters. The number of carbonyl (C=O) groups excluding carboxylic acids is 1. The first-order chi connectivity index (χ1) is 10.8. The Balaban J connectivity index is 0.00000116. The summed E-state index contributed by atoms with van der Waals surface area (Å²) in [7, 11) is 1.90. The van der Waals surface area contributed by atoms with E-state index < -0.39 is 0 Å². The van der Waals surface area contributed by atoms with Crippen LogP contribution in [0.3, 0.4) is 0 Å². The summed E-state index contributed by atoms with van der Waals surface area (Å²) < 4.78 is 0. The maximum atomic E-state index is 12.2. The quantitative estimate of drug-likeness (QED) is 0.807. The summed E-state index contributed by atoms with van der Waals surface area (Å²) in [5.74, 6) is 1.03. The highest BCUT2D eigenvalue weighted by molar-refractivity contribution is 5.93. The van der Waals surface area contributed by atoms with Crippen LogP contribution < -0.4 is 5.32 Å². The van der Waals surface area contributed by atoms with Crippen LogP contribution in [0.15, 0.2) is 30.3 Å². The van der Waals surface area contributed by atoms with Gasteiger partial charge in [-0.15, -0.1) is 0 Å². The molecule has 0 saturated carbocycles. The van der Waals surface area contributed by atoms with Crippen molar-refractivity contribution in [2.24, 2.45) is 5.92 Å². The first kappa shape index (κ1) is 18.7. The lowest BCUT2D eigenvalue weighted by Gasteiger charge is -2.23. The summed E-state index contributed by atoms with van der Waals surface area (Å²) in [6, 6.07) is 9.54. The van der Waals surface area contributed by atoms with Crippen molar-refractivity contribution < 1.29 is 4.79 Å². The van der Waals surface area contributed by atoms with Crippen LogP contribution in [0.1, 0.15) is 56.3 Å². The van der Waals surface area contributed by atoms with Crippen LogP contribution in [0, 0.1) is 5.92 Å². The number of amides is 1. The third-order valence-corrected chi connectivity index (χ3v) is 4.18. The highest BCUT2D eigenvalue weighted by Crippen LogP contribution is 2.18. The van der Waals surface area contributed by atoms with Crippen LogP contribution in [0.5, 0.6) is 0 Å². The summed E-state index contributed by atoms with van der Waals surface area (Å²) in [5.41, 5.74) is 0.786. The zero-order valence-corrected chi connectivity index (χ0v) is 14.5. The molecular weight excluding hydrogens is 272 g/mol. The summed E-state index contributed by atoms with van der Waals surface area (Å²) in [4.78, 5) is 14.0. The van der Waals surface area contributed by atoms with Gasteiger partial charge in [-0.2, -0.15) is 0 Å². The number of hydrogen-bond acceptors (Lipinski definition) is 2. The number of rotatable bonds is 6. The van der Waals surface area contributed by atoms with E-state index in [1.54, 1.807) is 0 Å². The van der Waals surface area contributed by atoms with E-state index in [1.807, 2.05) is 56.1 Å². The van der Waals surface area contributed by atoms with Crippen LogP contribution in [0.25, 0.3) is 0 Å². The normalized spacial score (nSPS) is 14.9. The average Bonchev–Trinajstić information content (AvgIpc) is 2.61. The van der Waals surface area contributed by atoms with Crippen molar-refractivity contribution >= 4 is 5.91 Å². The summed E-state index contributed by atoms with van der Waals surface area (Å²) in [6.07, 6.45) is 6.29. The molecule has 0 spiro atoms. The van der Waals surface area contributed by atoms with Gasteiger partial charge in [0.05, 0.1) is 0 Å². The van der Waals surface area contributed by atoms with Gasteiger partial charge in [-0.3, -0.25) is 4.79 Å². The molecule has 1 aromatic carbocycles. The Bertz CT molecular complexity index is 399. The Morgan fingerprint density at radius 1 is 1.14 bits per heavy atom. The highest BCUT2D eigenvalue weighted by Gasteiger charge is 2.13. The van der Waals surface area contributed by atoms with Crippen LogP contribution in [-0.2, 0) is 0 Å². The largest absolute Gasteiger partial charge is 0.342 e. The Morgan fingerprint density at radius 2 is 1.77 bits per heavy atom. The number of nitrogens with zero attached hydrogens (tertiary/aromatic N) is 1. The molecule has 1 aliphatic rings. The number of unbranched alkanes of at least 4 members (excludes halogenated alkanes) is 1. The molecule has 1 saturated heterocycles. The maximum Gasteiger partial charge on any atom is 0.253 e. The van der Waals surface area contributed by atoms with Gasteiger partial charge in [-0.25, -0.2) is 0 Å². The lowest BCUT2D eigenvalue weighted by Crippen LogP contribution is -2.29. The molecule has 0 unspecified atom stereocenters. The Kier molecular flexibility index (Phi) is 9.56. The molecule has 3 nitrogen and oxygen atoms in total. The van der Waals surface area contributed by atoms with Crippen molar-refractivity contribution in [3.63, 3.8) is 0 Å². The molecule has 1 aliphatic heterocycles. The SMILES string of the molecule is CC.CN(CCCCC1CCNCC1)C(=O)c1ccccc1. The summed E-state index contributed by atoms with van der Waals surface area (Å²) in [5, 5.41) is 3.40. The number of nitrogens with one attached hydrogen (secondary N) is 1. The molecule has 22 heavy (non-hydrogen) atoms. The van der Waals surface area contributed by atoms with Gasteiger partial charge < -0.3 is 10.2 Å². The standard InChI is InChI=1S/C17H26N2O.C2H6/c1-19(17(20)16-8-3-2-4-9-16)14-6-5-7-15-10-12-18-13-11-15;1-2/h2-4,8-9,15,18H,5-7,10-14H2,1H3;1-2H3. The van der Waals surface area contributed by atoms with E-state index in [0.29, 0.717) is 0 Å². The molecule has 1 aromatic rings. The molecule has 0 radical (unpaired) electrons. The zero-order valence-electron chi connectivity index (χ0n) is 14.5. The first-order valence-corrected chi connectivity index (χ1v) is 8.78. The van der Waals surface area contributed by atoms with Crippen molar-refractivity contribution in [3.05, 3.63) is 35.9 Å². The van der Waals surface area contributed by atoms with Crippen LogP contribution >= 0.6 is 0 Å². The van der Waals surface area contributed by atoms with Gasteiger partial charge in [0.2, 0.25) is 0 Å². The molecule has 0 aliphatic carbocycles. The second-order valence-corrected chi connectivity index (χ2v) is 5.78. The summed E-state index contributed by atoms with van der Waals surface area (Å²) >= 11 is 0. The van der Waals surface area contributed by atoms with Gasteiger partial charge in [0.1, 0.15) is 0 Å². The molecule has 3 heteroatoms. The predicted molar refractivity (Wildman–Crippen MR) is 94.2 cm³/mol. The van der Waals surface area contributed by atoms with Crippen LogP contribution in [0.4, 0.5) is 0 Å². The maximum absolute atomic E-state index is 12.2. The number of benzene rings is 1. The molecule has 0 bridgehead atoms. The fourth-order valence-electron chi connectivity index (χ4n) is 2.86. The van der Waals surface area contributed by atoms with Gasteiger partial charge in [0, 0.05) is 19.2 Å². The number of carbonyl (C=O) groups is 1. The van der Waals surface area contributed by atoms with Gasteiger partial charge >= 0.3 is 0 Å². The van der Waals surface area contributed by atoms with Crippen molar-refractivity contribution in [2.75, 3.05) is 26.7 Å². The number of piperidine rings is 1. The van der Waals surface area contributed by atoms with Crippen molar-refractivity contribution in [2.45, 2.75) is 46.0 Å². The minimum absolute atomic E-state index is 0.132. The minimum Gasteiger partial charge on any atom is -0.342 e. The van der Waals surface area contributed by atoms with Gasteiger partial charge in [-0.05, 0) is 50.4 Å². The second kappa shape index (κ2) is 11.2. The average molecular weight is 304 g/mol. The zero-order chi connectivity index (χ0) is 16.2. The molecule has 0 aromatic heterocycles. The van der Waals surface area contributed by atoms with Crippen molar-refractivity contribution in [1.29, 1.82) is 0 Å². The molecule has 1 amide bonds. The fourth-order valence-corrected chi connectivity index (χ4v) is 2.86. The molecule has 1 heterocycles. The number of hydrogen-bond donors (Lipinski definition) is 1. The van der Waals surface area contributed by atoms with Gasteiger partial charge in [0.15, 0.2) is 0 Å². The van der Waals surface area contributed by atoms with E-state index in [-0.39, 0.29) is 5.91 Å². The van der Waals surface area contributed by atoms with Gasteiger partial charge in [-0.1, -0.05) is 44.9 Å². The lowest BCUT2D eigenvalue weighted by atomic mass is 9.92. The fraction of sp³-hybridized carbons (Fsp3) is 0.632. The molecular formula is C19H32N2O. The van der Waals surface area contributed by atoms with Crippen LogP contribution in [0.2, 0.25) is 0 Å². The third kappa shape index (κ3) is 6.61. The monoisotopic (exact) mass is 304 g/mol. The predicted octanol–water partition coefficient (Wildman–Crippen LogP) is 3.95. The topological polar surface area (TPSA) is 32.3 Å². The van der Waals surface area contributed by atoms with E-state index in [4.69, 9.17) is 0 Å². The highest BCUT2D eigenvalue weighted by atomic mass is 16.2. The molecule has 2 rings (SSSR count). The molecule has 124 valence electrons. The Labute approximate surface area is 136 Å². The molecule has 1 fully saturated rings. The lowest BCUT2D eigenvalue weighted by molar-refractivity contribution is 0.0792. The van der Waals surface area contributed by atoms with Crippen molar-refractivity contribution in [3.8, 4) is 0 Å². The third-order valence-electron chi connectivity index (χ3n) is 4.18. The van der Waals surface area contributed by atoms with E-state index in [0.717, 1.165) is 24.4 Å². The van der Waals surface area contributed by atoms with Crippen molar-refractivity contribution in [1.82, 2.24) is 10.2 Å². The first-order valence-electron chi connectivity index (χ1n) is 8.78. The van der Waals surface area contributed by atoms with E-state index in [2.05, 4.69) is 5.32 Å². The summed E-state index contributed by atoms with van der Waals surface area (Å²) in [6.45, 7) is 7.22. The van der Waals surface area contributed by atoms with Gasteiger partial charge in [0.25, 0.3) is 5.91 Å². The second-order valence-electron chi connectivity index (χ2n) is 5.78. The van der Waals surface area contributed by atoms with E-state index in [9.17, 15) is 4.79 Å². The molecule has 1 N–H and O–H groups in total. The Morgan fingerprint density at radius 3 is 2.41 bits per heavy atom. The smallest absolute Gasteiger partial charge is 0.253 e. The van der Waals surface area contributed by atoms with Crippen LogP contribution in [-0.4, -0.2) is 37.5 Å². The Hall–Kier alpha value is -1.35.